The number of benzene rings is 1. The predicted octanol–water partition coefficient (Wildman–Crippen LogP) is 4.04. The molecular weight excluding hydrogens is 208 g/mol. The molecule has 0 radical (unpaired) electrons. The van der Waals surface area contributed by atoms with Crippen LogP contribution in [-0.4, -0.2) is 5.60 Å². The van der Waals surface area contributed by atoms with Crippen LogP contribution >= 0.6 is 0 Å². The molecule has 0 N–H and O–H groups in total. The number of hydrogen-bond donors (Lipinski definition) is 0. The van der Waals surface area contributed by atoms with E-state index < -0.39 is 0 Å². The largest absolute Gasteiger partial charge is 0.486 e. The number of ether oxygens (including phenoxy) is 1. The lowest BCUT2D eigenvalue weighted by Gasteiger charge is -2.45. The molecule has 0 aromatic heterocycles. The predicted molar refractivity (Wildman–Crippen MR) is 70.4 cm³/mol. The first-order valence-corrected chi connectivity index (χ1v) is 6.54. The molecule has 1 aromatic rings. The smallest absolute Gasteiger partial charge is 0.126 e. The van der Waals surface area contributed by atoms with Crippen LogP contribution in [-0.2, 0) is 6.42 Å². The topological polar surface area (TPSA) is 9.23 Å². The van der Waals surface area contributed by atoms with Crippen LogP contribution in [0, 0.1) is 12.8 Å². The molecule has 1 aromatic carbocycles. The summed E-state index contributed by atoms with van der Waals surface area (Å²) in [5, 5.41) is 0. The Labute approximate surface area is 103 Å². The fourth-order valence-corrected chi connectivity index (χ4v) is 3.36. The van der Waals surface area contributed by atoms with E-state index in [9.17, 15) is 0 Å². The van der Waals surface area contributed by atoms with Crippen LogP contribution in [0.5, 0.6) is 5.75 Å². The summed E-state index contributed by atoms with van der Waals surface area (Å²) in [5.74, 6) is 1.70. The van der Waals surface area contributed by atoms with Crippen molar-refractivity contribution in [2.75, 3.05) is 0 Å². The molecule has 1 aliphatic heterocycles. The normalized spacial score (nSPS) is 31.0. The van der Waals surface area contributed by atoms with Gasteiger partial charge in [-0.15, -0.1) is 0 Å². The number of hydrogen-bond acceptors (Lipinski definition) is 1. The van der Waals surface area contributed by atoms with Crippen LogP contribution in [0.1, 0.15) is 37.8 Å². The van der Waals surface area contributed by atoms with E-state index in [1.165, 1.54) is 16.7 Å². The lowest BCUT2D eigenvalue weighted by molar-refractivity contribution is 0.0115. The van der Waals surface area contributed by atoms with Gasteiger partial charge in [0.05, 0.1) is 0 Å². The van der Waals surface area contributed by atoms with Gasteiger partial charge in [-0.2, -0.15) is 0 Å². The standard InChI is InChI=1S/C16H20O/c1-11-7-5-9-16(3)14(11)10-13-8-4-6-12(2)15(13)17-16/h4,6-8,14H,5,9-10H2,1-3H3/t14-,16-/m0/s1. The second-order valence-electron chi connectivity index (χ2n) is 5.72. The van der Waals surface area contributed by atoms with Crippen molar-refractivity contribution in [2.45, 2.75) is 45.6 Å². The Morgan fingerprint density at radius 3 is 2.94 bits per heavy atom. The zero-order valence-corrected chi connectivity index (χ0v) is 10.9. The average Bonchev–Trinajstić information content (AvgIpc) is 2.29. The van der Waals surface area contributed by atoms with Crippen LogP contribution in [0.2, 0.25) is 0 Å². The van der Waals surface area contributed by atoms with Gasteiger partial charge in [-0.25, -0.2) is 0 Å². The molecule has 1 heterocycles. The Bertz CT molecular complexity index is 486. The third-order valence-corrected chi connectivity index (χ3v) is 4.45. The lowest BCUT2D eigenvalue weighted by Crippen LogP contribution is -2.47. The molecule has 0 bridgehead atoms. The molecule has 0 fully saturated rings. The number of fused-ring (bicyclic) bond motifs is 2. The van der Waals surface area contributed by atoms with Crippen molar-refractivity contribution in [3.63, 3.8) is 0 Å². The Morgan fingerprint density at radius 1 is 1.29 bits per heavy atom. The Kier molecular flexibility index (Phi) is 2.32. The van der Waals surface area contributed by atoms with Gasteiger partial charge in [0.2, 0.25) is 0 Å². The zero-order chi connectivity index (χ0) is 12.0. The second kappa shape index (κ2) is 3.63. The molecule has 1 aliphatic carbocycles. The van der Waals surface area contributed by atoms with Crippen molar-refractivity contribution in [3.8, 4) is 5.75 Å². The third-order valence-electron chi connectivity index (χ3n) is 4.45. The maximum Gasteiger partial charge on any atom is 0.126 e. The molecule has 17 heavy (non-hydrogen) atoms. The number of para-hydroxylation sites is 1. The van der Waals surface area contributed by atoms with Gasteiger partial charge in [0.1, 0.15) is 11.4 Å². The van der Waals surface area contributed by atoms with Crippen LogP contribution in [0.15, 0.2) is 29.8 Å². The summed E-state index contributed by atoms with van der Waals surface area (Å²) in [5.41, 5.74) is 4.17. The van der Waals surface area contributed by atoms with E-state index in [2.05, 4.69) is 45.0 Å². The first-order valence-electron chi connectivity index (χ1n) is 6.54. The van der Waals surface area contributed by atoms with Gasteiger partial charge in [0, 0.05) is 5.92 Å². The summed E-state index contributed by atoms with van der Waals surface area (Å²) in [6.45, 7) is 6.68. The minimum Gasteiger partial charge on any atom is -0.486 e. The van der Waals surface area contributed by atoms with Gasteiger partial charge in [-0.1, -0.05) is 29.8 Å². The number of rotatable bonds is 0. The summed E-state index contributed by atoms with van der Waals surface area (Å²) in [4.78, 5) is 0. The maximum absolute atomic E-state index is 6.38. The van der Waals surface area contributed by atoms with Gasteiger partial charge in [-0.05, 0) is 51.2 Å². The Balaban J connectivity index is 2.08. The van der Waals surface area contributed by atoms with Crippen LogP contribution in [0.25, 0.3) is 0 Å². The van der Waals surface area contributed by atoms with Crippen LogP contribution in [0.3, 0.4) is 0 Å². The van der Waals surface area contributed by atoms with Crippen LogP contribution in [0.4, 0.5) is 0 Å². The lowest BCUT2D eigenvalue weighted by atomic mass is 9.71. The van der Waals surface area contributed by atoms with E-state index >= 15 is 0 Å². The van der Waals surface area contributed by atoms with E-state index in [0.29, 0.717) is 5.92 Å². The van der Waals surface area contributed by atoms with Crippen molar-refractivity contribution in [2.24, 2.45) is 5.92 Å². The molecule has 2 atom stereocenters. The molecular formula is C16H20O. The Hall–Kier alpha value is -1.24. The van der Waals surface area contributed by atoms with Crippen LogP contribution < -0.4 is 4.74 Å². The van der Waals surface area contributed by atoms with Crippen molar-refractivity contribution >= 4 is 0 Å². The SMILES string of the molecule is CC1=CCC[C@]2(C)Oc3c(C)cccc3C[C@@H]12. The molecule has 1 nitrogen and oxygen atoms in total. The first kappa shape index (κ1) is 10.9. The van der Waals surface area contributed by atoms with Gasteiger partial charge in [-0.3, -0.25) is 0 Å². The minimum absolute atomic E-state index is 0.0119. The number of allylic oxidation sites excluding steroid dienone is 1. The van der Waals surface area contributed by atoms with Gasteiger partial charge < -0.3 is 4.74 Å². The highest BCUT2D eigenvalue weighted by Gasteiger charge is 2.43. The fourth-order valence-electron chi connectivity index (χ4n) is 3.36. The molecule has 2 aliphatic rings. The van der Waals surface area contributed by atoms with E-state index in [1.54, 1.807) is 0 Å². The van der Waals surface area contributed by atoms with Crippen molar-refractivity contribution < 1.29 is 4.74 Å². The molecule has 0 unspecified atom stereocenters. The summed E-state index contributed by atoms with van der Waals surface area (Å²) in [6, 6.07) is 6.50. The monoisotopic (exact) mass is 228 g/mol. The van der Waals surface area contributed by atoms with Crippen molar-refractivity contribution in [1.82, 2.24) is 0 Å². The molecule has 0 saturated heterocycles. The van der Waals surface area contributed by atoms with E-state index in [0.717, 1.165) is 25.0 Å². The fraction of sp³-hybridized carbons (Fsp3) is 0.500. The van der Waals surface area contributed by atoms with E-state index in [-0.39, 0.29) is 5.60 Å². The highest BCUT2D eigenvalue weighted by atomic mass is 16.5. The zero-order valence-electron chi connectivity index (χ0n) is 10.9. The van der Waals surface area contributed by atoms with Gasteiger partial charge >= 0.3 is 0 Å². The summed E-state index contributed by atoms with van der Waals surface area (Å²) >= 11 is 0. The number of aryl methyl sites for hydroxylation is 1. The van der Waals surface area contributed by atoms with E-state index in [1.807, 2.05) is 0 Å². The van der Waals surface area contributed by atoms with Gasteiger partial charge in [0.25, 0.3) is 0 Å². The minimum atomic E-state index is 0.0119. The molecule has 0 spiro atoms. The maximum atomic E-state index is 6.38. The summed E-state index contributed by atoms with van der Waals surface area (Å²) in [6.07, 6.45) is 5.81. The summed E-state index contributed by atoms with van der Waals surface area (Å²) in [7, 11) is 0. The third kappa shape index (κ3) is 1.60. The summed E-state index contributed by atoms with van der Waals surface area (Å²) < 4.78 is 6.38. The quantitative estimate of drug-likeness (QED) is 0.609. The highest BCUT2D eigenvalue weighted by molar-refractivity contribution is 5.44. The molecule has 90 valence electrons. The van der Waals surface area contributed by atoms with E-state index in [4.69, 9.17) is 4.74 Å². The molecule has 3 rings (SSSR count). The first-order chi connectivity index (χ1) is 8.10. The van der Waals surface area contributed by atoms with Crippen molar-refractivity contribution in [1.29, 1.82) is 0 Å². The molecule has 0 amide bonds. The van der Waals surface area contributed by atoms with Gasteiger partial charge in [0.15, 0.2) is 0 Å². The Morgan fingerprint density at radius 2 is 2.12 bits per heavy atom. The second-order valence-corrected chi connectivity index (χ2v) is 5.72. The molecule has 1 heteroatoms. The molecule has 0 saturated carbocycles. The highest BCUT2D eigenvalue weighted by Crippen LogP contribution is 2.46. The average molecular weight is 228 g/mol. The van der Waals surface area contributed by atoms with Crippen molar-refractivity contribution in [3.05, 3.63) is 41.0 Å².